The van der Waals surface area contributed by atoms with Crippen LogP contribution in [-0.4, -0.2) is 5.91 Å². The van der Waals surface area contributed by atoms with E-state index in [0.717, 1.165) is 12.0 Å². The summed E-state index contributed by atoms with van der Waals surface area (Å²) in [6, 6.07) is 3.41. The quantitative estimate of drug-likeness (QED) is 0.856. The van der Waals surface area contributed by atoms with Gasteiger partial charge in [-0.15, -0.1) is 0 Å². The molecule has 0 aromatic heterocycles. The topological polar surface area (TPSA) is 29.1 Å². The molecule has 15 heavy (non-hydrogen) atoms. The zero-order chi connectivity index (χ0) is 11.4. The molecule has 82 valence electrons. The first-order chi connectivity index (χ1) is 7.04. The Kier molecular flexibility index (Phi) is 4.43. The minimum absolute atomic E-state index is 0.0423. The molecule has 2 nitrogen and oxygen atoms in total. The average Bonchev–Trinajstić information content (AvgIpc) is 2.14. The van der Waals surface area contributed by atoms with Crippen LogP contribution in [0.3, 0.4) is 0 Å². The molecule has 0 atom stereocenters. The molecule has 4 heteroatoms. The van der Waals surface area contributed by atoms with Gasteiger partial charge >= 0.3 is 0 Å². The molecule has 0 heterocycles. The fourth-order valence-corrected chi connectivity index (χ4v) is 1.61. The molecular formula is C11H13Cl2NO. The van der Waals surface area contributed by atoms with Crippen molar-refractivity contribution in [3.05, 3.63) is 27.7 Å². The molecular weight excluding hydrogens is 233 g/mol. The van der Waals surface area contributed by atoms with Gasteiger partial charge in [-0.25, -0.2) is 0 Å². The van der Waals surface area contributed by atoms with Gasteiger partial charge in [-0.1, -0.05) is 30.1 Å². The van der Waals surface area contributed by atoms with Crippen molar-refractivity contribution in [1.82, 2.24) is 0 Å². The third-order valence-corrected chi connectivity index (χ3v) is 2.72. The van der Waals surface area contributed by atoms with Crippen molar-refractivity contribution in [1.29, 1.82) is 0 Å². The van der Waals surface area contributed by atoms with Crippen LogP contribution in [-0.2, 0) is 4.79 Å². The van der Waals surface area contributed by atoms with Crippen molar-refractivity contribution in [3.8, 4) is 0 Å². The molecule has 1 amide bonds. The summed E-state index contributed by atoms with van der Waals surface area (Å²) in [4.78, 5) is 11.3. The summed E-state index contributed by atoms with van der Waals surface area (Å²) in [5.41, 5.74) is 1.47. The Hall–Kier alpha value is -0.730. The Morgan fingerprint density at radius 1 is 1.33 bits per heavy atom. The van der Waals surface area contributed by atoms with Crippen molar-refractivity contribution in [2.24, 2.45) is 0 Å². The van der Waals surface area contributed by atoms with Gasteiger partial charge in [0.1, 0.15) is 0 Å². The van der Waals surface area contributed by atoms with Crippen LogP contribution < -0.4 is 5.32 Å². The van der Waals surface area contributed by atoms with Gasteiger partial charge in [0.05, 0.1) is 10.7 Å². The third kappa shape index (κ3) is 3.40. The minimum atomic E-state index is -0.0423. The van der Waals surface area contributed by atoms with Crippen molar-refractivity contribution < 1.29 is 4.79 Å². The number of benzene rings is 1. The number of halogens is 2. The van der Waals surface area contributed by atoms with E-state index in [1.165, 1.54) is 0 Å². The predicted octanol–water partition coefficient (Wildman–Crippen LogP) is 4.04. The molecule has 0 saturated heterocycles. The van der Waals surface area contributed by atoms with Gasteiger partial charge in [0.15, 0.2) is 0 Å². The number of nitrogens with one attached hydrogen (secondary N) is 1. The summed E-state index contributed by atoms with van der Waals surface area (Å²) in [7, 11) is 0. The predicted molar refractivity (Wildman–Crippen MR) is 64.7 cm³/mol. The first kappa shape index (κ1) is 12.3. The molecule has 0 aliphatic heterocycles. The standard InChI is InChI=1S/C11H13Cl2NO/c1-3-4-11(15)14-10-6-8(12)7(2)5-9(10)13/h5-6H,3-4H2,1-2H3,(H,14,15). The van der Waals surface area contributed by atoms with E-state index in [1.54, 1.807) is 12.1 Å². The minimum Gasteiger partial charge on any atom is -0.325 e. The number of hydrogen-bond donors (Lipinski definition) is 1. The second-order valence-corrected chi connectivity index (χ2v) is 4.19. The van der Waals surface area contributed by atoms with Gasteiger partial charge in [-0.05, 0) is 31.0 Å². The van der Waals surface area contributed by atoms with Crippen LogP contribution in [0.2, 0.25) is 10.0 Å². The van der Waals surface area contributed by atoms with Gasteiger partial charge in [0, 0.05) is 11.4 Å². The number of aryl methyl sites for hydroxylation is 1. The Balaban J connectivity index is 2.86. The van der Waals surface area contributed by atoms with Crippen molar-refractivity contribution in [2.45, 2.75) is 26.7 Å². The molecule has 0 fully saturated rings. The SMILES string of the molecule is CCCC(=O)Nc1cc(Cl)c(C)cc1Cl. The summed E-state index contributed by atoms with van der Waals surface area (Å²) >= 11 is 11.9. The molecule has 0 bridgehead atoms. The Morgan fingerprint density at radius 2 is 2.00 bits per heavy atom. The normalized spacial score (nSPS) is 10.1. The largest absolute Gasteiger partial charge is 0.325 e. The lowest BCUT2D eigenvalue weighted by Crippen LogP contribution is -2.11. The lowest BCUT2D eigenvalue weighted by Gasteiger charge is -2.08. The van der Waals surface area contributed by atoms with Crippen LogP contribution in [0, 0.1) is 6.92 Å². The molecule has 1 rings (SSSR count). The van der Waals surface area contributed by atoms with Gasteiger partial charge in [0.25, 0.3) is 0 Å². The highest BCUT2D eigenvalue weighted by Crippen LogP contribution is 2.28. The van der Waals surface area contributed by atoms with E-state index in [1.807, 2.05) is 13.8 Å². The first-order valence-corrected chi connectivity index (χ1v) is 5.55. The number of amides is 1. The van der Waals surface area contributed by atoms with Gasteiger partial charge in [-0.2, -0.15) is 0 Å². The third-order valence-electron chi connectivity index (χ3n) is 2.00. The number of rotatable bonds is 3. The van der Waals surface area contributed by atoms with E-state index in [-0.39, 0.29) is 5.91 Å². The highest BCUT2D eigenvalue weighted by Gasteiger charge is 2.07. The summed E-state index contributed by atoms with van der Waals surface area (Å²) in [5.74, 6) is -0.0423. The molecule has 0 unspecified atom stereocenters. The average molecular weight is 246 g/mol. The van der Waals surface area contributed by atoms with Crippen molar-refractivity contribution in [3.63, 3.8) is 0 Å². The fourth-order valence-electron chi connectivity index (χ4n) is 1.18. The number of anilines is 1. The smallest absolute Gasteiger partial charge is 0.224 e. The molecule has 1 N–H and O–H groups in total. The van der Waals surface area contributed by atoms with E-state index in [0.29, 0.717) is 22.2 Å². The maximum absolute atomic E-state index is 11.3. The van der Waals surface area contributed by atoms with Crippen LogP contribution in [0.25, 0.3) is 0 Å². The molecule has 0 aliphatic rings. The second kappa shape index (κ2) is 5.38. The monoisotopic (exact) mass is 245 g/mol. The zero-order valence-corrected chi connectivity index (χ0v) is 10.2. The lowest BCUT2D eigenvalue weighted by molar-refractivity contribution is -0.116. The molecule has 0 spiro atoms. The molecule has 1 aromatic rings. The van der Waals surface area contributed by atoms with Gasteiger partial charge < -0.3 is 5.32 Å². The second-order valence-electron chi connectivity index (χ2n) is 3.38. The highest BCUT2D eigenvalue weighted by atomic mass is 35.5. The van der Waals surface area contributed by atoms with Crippen molar-refractivity contribution in [2.75, 3.05) is 5.32 Å². The Bertz CT molecular complexity index is 377. The van der Waals surface area contributed by atoms with Crippen LogP contribution in [0.5, 0.6) is 0 Å². The fraction of sp³-hybridized carbons (Fsp3) is 0.364. The van der Waals surface area contributed by atoms with Gasteiger partial charge in [0.2, 0.25) is 5.91 Å². The van der Waals surface area contributed by atoms with E-state index in [2.05, 4.69) is 5.32 Å². The summed E-state index contributed by atoms with van der Waals surface area (Å²) in [6.07, 6.45) is 1.30. The Morgan fingerprint density at radius 3 is 2.60 bits per heavy atom. The Labute approximate surface area is 99.6 Å². The molecule has 0 aliphatic carbocycles. The number of carbonyl (C=O) groups excluding carboxylic acids is 1. The van der Waals surface area contributed by atoms with Crippen molar-refractivity contribution >= 4 is 34.8 Å². The van der Waals surface area contributed by atoms with E-state index in [4.69, 9.17) is 23.2 Å². The summed E-state index contributed by atoms with van der Waals surface area (Å²) < 4.78 is 0. The van der Waals surface area contributed by atoms with E-state index in [9.17, 15) is 4.79 Å². The number of carbonyl (C=O) groups is 1. The maximum Gasteiger partial charge on any atom is 0.224 e. The van der Waals surface area contributed by atoms with Crippen LogP contribution in [0.15, 0.2) is 12.1 Å². The lowest BCUT2D eigenvalue weighted by atomic mass is 10.2. The van der Waals surface area contributed by atoms with Gasteiger partial charge in [-0.3, -0.25) is 4.79 Å². The van der Waals surface area contributed by atoms with Crippen LogP contribution >= 0.6 is 23.2 Å². The summed E-state index contributed by atoms with van der Waals surface area (Å²) in [6.45, 7) is 3.81. The maximum atomic E-state index is 11.3. The van der Waals surface area contributed by atoms with Crippen LogP contribution in [0.1, 0.15) is 25.3 Å². The van der Waals surface area contributed by atoms with Crippen LogP contribution in [0.4, 0.5) is 5.69 Å². The number of hydrogen-bond acceptors (Lipinski definition) is 1. The first-order valence-electron chi connectivity index (χ1n) is 4.80. The molecule has 0 radical (unpaired) electrons. The molecule has 0 saturated carbocycles. The summed E-state index contributed by atoms with van der Waals surface area (Å²) in [5, 5.41) is 3.84. The zero-order valence-electron chi connectivity index (χ0n) is 8.73. The molecule has 1 aromatic carbocycles. The van der Waals surface area contributed by atoms with E-state index < -0.39 is 0 Å². The highest BCUT2D eigenvalue weighted by molar-refractivity contribution is 6.36. The van der Waals surface area contributed by atoms with E-state index >= 15 is 0 Å².